The van der Waals surface area contributed by atoms with Crippen molar-refractivity contribution >= 4 is 23.4 Å². The Bertz CT molecular complexity index is 1620. The van der Waals surface area contributed by atoms with Crippen LogP contribution in [0.1, 0.15) is 123 Å². The van der Waals surface area contributed by atoms with Crippen LogP contribution in [-0.2, 0) is 14.3 Å². The van der Waals surface area contributed by atoms with Crippen LogP contribution in [0.15, 0.2) is 76.8 Å². The fraction of sp³-hybridized carbons (Fsp3) is 0.524. The van der Waals surface area contributed by atoms with Crippen LogP contribution in [0, 0.1) is 35.0 Å². The minimum absolute atomic E-state index is 0.0230. The Labute approximate surface area is 277 Å². The molecule has 1 aromatic carbocycles. The third-order valence-corrected chi connectivity index (χ3v) is 11.2. The van der Waals surface area contributed by atoms with Crippen molar-refractivity contribution in [2.75, 3.05) is 0 Å². The van der Waals surface area contributed by atoms with Crippen LogP contribution in [0.25, 0.3) is 6.08 Å². The molecule has 4 nitrogen and oxygen atoms in total. The van der Waals surface area contributed by atoms with E-state index < -0.39 is 27.6 Å². The molecule has 0 unspecified atom stereocenters. The first-order valence-corrected chi connectivity index (χ1v) is 16.8. The second-order valence-corrected chi connectivity index (χ2v) is 15.8. The van der Waals surface area contributed by atoms with Crippen molar-refractivity contribution in [3.63, 3.8) is 0 Å². The molecular formula is C42H54O4. The standard InChI is InChI=1S/C42H54O4/c1-13-14-30-23-31(18-17-29(30)8)35(43)34-36(44)42(22-21-28(6)7)38(45)41(24-32(39(42,9)10)19-15-26(2)3)25-33(20-16-27(4)5)40(11,12)46-37(34)41/h14-18,21,23,32-33H,1,19-20,22,24-25H2,2-12H3/t32-,33+,41+,42+/m1/s1. The molecular weight excluding hydrogens is 568 g/mol. The Kier molecular flexibility index (Phi) is 9.69. The Balaban J connectivity index is 2.11. The quantitative estimate of drug-likeness (QED) is 0.0904. The SMILES string of the molecule is C=C=Cc1cc(C(=O)C2=C3OC(C)(C)[C@@H](CC=C(C)C)C[C@@]34C[C@@H](CC=C(C)C)C(C)(C)[C@@](CC=C(C)C)(C2=O)C4=O)ccc1C. The molecule has 4 rings (SSSR count). The molecule has 1 spiro atoms. The molecule has 246 valence electrons. The second-order valence-electron chi connectivity index (χ2n) is 15.8. The Morgan fingerprint density at radius 2 is 1.48 bits per heavy atom. The summed E-state index contributed by atoms with van der Waals surface area (Å²) in [5, 5.41) is 0. The molecule has 3 aliphatic rings. The van der Waals surface area contributed by atoms with Gasteiger partial charge in [0.15, 0.2) is 17.3 Å². The first-order chi connectivity index (χ1) is 21.4. The lowest BCUT2D eigenvalue weighted by Crippen LogP contribution is -2.69. The van der Waals surface area contributed by atoms with E-state index in [1.807, 2.05) is 46.8 Å². The first kappa shape index (κ1) is 35.4. The topological polar surface area (TPSA) is 60.4 Å². The highest BCUT2D eigenvalue weighted by molar-refractivity contribution is 6.35. The maximum Gasteiger partial charge on any atom is 0.200 e. The molecule has 2 bridgehead atoms. The van der Waals surface area contributed by atoms with E-state index in [4.69, 9.17) is 4.74 Å². The summed E-state index contributed by atoms with van der Waals surface area (Å²) in [7, 11) is 0. The highest BCUT2D eigenvalue weighted by Gasteiger charge is 2.74. The van der Waals surface area contributed by atoms with Crippen molar-refractivity contribution in [3.8, 4) is 0 Å². The molecule has 1 aliphatic heterocycles. The van der Waals surface area contributed by atoms with Crippen molar-refractivity contribution < 1.29 is 19.1 Å². The Morgan fingerprint density at radius 1 is 0.913 bits per heavy atom. The van der Waals surface area contributed by atoms with E-state index in [0.29, 0.717) is 24.2 Å². The zero-order valence-corrected chi connectivity index (χ0v) is 30.1. The van der Waals surface area contributed by atoms with E-state index in [9.17, 15) is 4.79 Å². The molecule has 0 N–H and O–H groups in total. The number of carbonyl (C=O) groups excluding carboxylic acids is 3. The molecule has 2 aliphatic carbocycles. The van der Waals surface area contributed by atoms with Gasteiger partial charge in [0.05, 0.1) is 5.41 Å². The Hall–Kier alpha value is -3.49. The third-order valence-electron chi connectivity index (χ3n) is 11.2. The van der Waals surface area contributed by atoms with Gasteiger partial charge < -0.3 is 4.74 Å². The van der Waals surface area contributed by atoms with Gasteiger partial charge in [0.1, 0.15) is 22.3 Å². The summed E-state index contributed by atoms with van der Waals surface area (Å²) >= 11 is 0. The van der Waals surface area contributed by atoms with Gasteiger partial charge in [0, 0.05) is 11.5 Å². The van der Waals surface area contributed by atoms with Gasteiger partial charge in [-0.1, -0.05) is 67.5 Å². The fourth-order valence-corrected chi connectivity index (χ4v) is 8.10. The zero-order chi connectivity index (χ0) is 34.4. The van der Waals surface area contributed by atoms with Gasteiger partial charge in [0.2, 0.25) is 0 Å². The number of benzene rings is 1. The van der Waals surface area contributed by atoms with E-state index in [-0.39, 0.29) is 35.4 Å². The summed E-state index contributed by atoms with van der Waals surface area (Å²) < 4.78 is 6.94. The van der Waals surface area contributed by atoms with Crippen molar-refractivity contribution in [3.05, 3.63) is 93.5 Å². The van der Waals surface area contributed by atoms with Gasteiger partial charge in [-0.15, -0.1) is 5.73 Å². The molecule has 4 atom stereocenters. The molecule has 4 heteroatoms. The maximum atomic E-state index is 15.5. The number of ketones is 3. The van der Waals surface area contributed by atoms with Crippen LogP contribution in [0.4, 0.5) is 0 Å². The molecule has 0 amide bonds. The zero-order valence-electron chi connectivity index (χ0n) is 30.1. The van der Waals surface area contributed by atoms with E-state index in [1.165, 1.54) is 11.1 Å². The Morgan fingerprint density at radius 3 is 2.04 bits per heavy atom. The van der Waals surface area contributed by atoms with Gasteiger partial charge in [-0.2, -0.15) is 0 Å². The highest BCUT2D eigenvalue weighted by Crippen LogP contribution is 2.69. The van der Waals surface area contributed by atoms with E-state index in [0.717, 1.165) is 29.5 Å². The molecule has 1 aromatic rings. The summed E-state index contributed by atoms with van der Waals surface area (Å²) in [5.41, 5.74) is 4.63. The smallest absolute Gasteiger partial charge is 0.200 e. The summed E-state index contributed by atoms with van der Waals surface area (Å²) in [5.74, 6) is -0.484. The average Bonchev–Trinajstić information content (AvgIpc) is 2.95. The number of rotatable bonds is 9. The van der Waals surface area contributed by atoms with Gasteiger partial charge in [0.25, 0.3) is 0 Å². The molecule has 2 fully saturated rings. The lowest BCUT2D eigenvalue weighted by Gasteiger charge is -2.64. The predicted octanol–water partition coefficient (Wildman–Crippen LogP) is 10.3. The number of ether oxygens (including phenoxy) is 1. The van der Waals surface area contributed by atoms with Crippen molar-refractivity contribution in [2.24, 2.45) is 28.1 Å². The summed E-state index contributed by atoms with van der Waals surface area (Å²) in [6, 6.07) is 5.46. The lowest BCUT2D eigenvalue weighted by molar-refractivity contribution is -0.188. The predicted molar refractivity (Wildman–Crippen MR) is 188 cm³/mol. The monoisotopic (exact) mass is 622 g/mol. The number of allylic oxidation sites excluding steroid dienone is 8. The fourth-order valence-electron chi connectivity index (χ4n) is 8.10. The highest BCUT2D eigenvalue weighted by atomic mass is 16.5. The molecule has 1 saturated heterocycles. The number of Topliss-reactive ketones (excluding diaryl/α,β-unsaturated/α-hetero) is 3. The molecule has 1 saturated carbocycles. The van der Waals surface area contributed by atoms with Crippen LogP contribution >= 0.6 is 0 Å². The van der Waals surface area contributed by atoms with E-state index in [1.54, 1.807) is 18.2 Å². The van der Waals surface area contributed by atoms with Gasteiger partial charge >= 0.3 is 0 Å². The average molecular weight is 623 g/mol. The number of carbonyl (C=O) groups is 3. The maximum absolute atomic E-state index is 15.5. The summed E-state index contributed by atoms with van der Waals surface area (Å²) in [6.07, 6.45) is 11.1. The minimum atomic E-state index is -1.41. The largest absolute Gasteiger partial charge is 0.490 e. The minimum Gasteiger partial charge on any atom is -0.490 e. The number of hydrogen-bond donors (Lipinski definition) is 0. The van der Waals surface area contributed by atoms with E-state index >= 15 is 9.59 Å². The second kappa shape index (κ2) is 12.6. The normalized spacial score (nSPS) is 27.5. The molecule has 0 aromatic heterocycles. The number of fused-ring (bicyclic) bond motifs is 1. The van der Waals surface area contributed by atoms with Gasteiger partial charge in [-0.05, 0) is 129 Å². The number of aryl methyl sites for hydroxylation is 1. The molecule has 0 radical (unpaired) electrons. The first-order valence-electron chi connectivity index (χ1n) is 16.8. The third kappa shape index (κ3) is 5.79. The lowest BCUT2D eigenvalue weighted by atomic mass is 9.39. The van der Waals surface area contributed by atoms with Crippen molar-refractivity contribution in [1.82, 2.24) is 0 Å². The van der Waals surface area contributed by atoms with Gasteiger partial charge in [-0.3, -0.25) is 14.4 Å². The van der Waals surface area contributed by atoms with Crippen LogP contribution in [0.3, 0.4) is 0 Å². The molecule has 1 heterocycles. The summed E-state index contributed by atoms with van der Waals surface area (Å²) in [4.78, 5) is 45.6. The van der Waals surface area contributed by atoms with Crippen molar-refractivity contribution in [2.45, 2.75) is 114 Å². The van der Waals surface area contributed by atoms with Crippen molar-refractivity contribution in [1.29, 1.82) is 0 Å². The van der Waals surface area contributed by atoms with Crippen LogP contribution in [0.2, 0.25) is 0 Å². The molecule has 46 heavy (non-hydrogen) atoms. The van der Waals surface area contributed by atoms with E-state index in [2.05, 4.69) is 66.0 Å². The number of hydrogen-bond acceptors (Lipinski definition) is 4. The van der Waals surface area contributed by atoms with Crippen LogP contribution in [0.5, 0.6) is 0 Å². The van der Waals surface area contributed by atoms with Gasteiger partial charge in [-0.25, -0.2) is 0 Å². The van der Waals surface area contributed by atoms with Crippen LogP contribution in [-0.4, -0.2) is 23.0 Å². The summed E-state index contributed by atoms with van der Waals surface area (Å²) in [6.45, 7) is 26.2. The van der Waals surface area contributed by atoms with Crippen LogP contribution < -0.4 is 0 Å².